The molecule has 2 unspecified atom stereocenters. The lowest BCUT2D eigenvalue weighted by molar-refractivity contribution is 0.106. The smallest absolute Gasteiger partial charge is 0.319 e. The van der Waals surface area contributed by atoms with Crippen LogP contribution < -0.4 is 5.32 Å². The zero-order valence-electron chi connectivity index (χ0n) is 10.2. The first-order valence-electron chi connectivity index (χ1n) is 5.13. The van der Waals surface area contributed by atoms with Crippen LogP contribution in [0.2, 0.25) is 0 Å². The molecule has 0 rings (SSSR count). The van der Waals surface area contributed by atoms with E-state index in [1.165, 1.54) is 0 Å². The van der Waals surface area contributed by atoms with Gasteiger partial charge in [-0.05, 0) is 19.5 Å². The average Bonchev–Trinajstić information content (AvgIpc) is 2.21. The fourth-order valence-electron chi connectivity index (χ4n) is 0.975. The van der Waals surface area contributed by atoms with E-state index in [4.69, 9.17) is 9.79 Å². The Morgan fingerprint density at radius 1 is 1.11 bits per heavy atom. The summed E-state index contributed by atoms with van der Waals surface area (Å²) in [4.78, 5) is 25.9. The van der Waals surface area contributed by atoms with Crippen molar-refractivity contribution in [2.75, 3.05) is 33.4 Å². The molecule has 0 saturated heterocycles. The lowest BCUT2D eigenvalue weighted by Gasteiger charge is -2.15. The van der Waals surface area contributed by atoms with Crippen LogP contribution in [0.25, 0.3) is 0 Å². The summed E-state index contributed by atoms with van der Waals surface area (Å²) in [7, 11) is -7.06. The average molecular weight is 307 g/mol. The van der Waals surface area contributed by atoms with Crippen LogP contribution >= 0.6 is 15.6 Å². The third-order valence-corrected chi connectivity index (χ3v) is 3.18. The molecular formula is C7H19NO8P2. The molecule has 0 radical (unpaired) electrons. The van der Waals surface area contributed by atoms with E-state index < -0.39 is 28.9 Å². The van der Waals surface area contributed by atoms with Crippen LogP contribution in [0.1, 0.15) is 6.92 Å². The Morgan fingerprint density at radius 3 is 2.17 bits per heavy atom. The van der Waals surface area contributed by atoms with Crippen molar-refractivity contribution >= 4 is 15.6 Å². The van der Waals surface area contributed by atoms with Gasteiger partial charge < -0.3 is 20.0 Å². The normalized spacial score (nSPS) is 17.4. The van der Waals surface area contributed by atoms with Crippen molar-refractivity contribution in [3.63, 3.8) is 0 Å². The minimum Gasteiger partial charge on any atom is -0.319 e. The minimum absolute atomic E-state index is 0.0189. The maximum Gasteiger partial charge on any atom is 0.472 e. The Labute approximate surface area is 105 Å². The van der Waals surface area contributed by atoms with E-state index >= 15 is 0 Å². The highest BCUT2D eigenvalue weighted by molar-refractivity contribution is 7.47. The fourth-order valence-corrected chi connectivity index (χ4v) is 2.11. The molecule has 0 aliphatic rings. The number of phosphoric acid groups is 2. The highest BCUT2D eigenvalue weighted by Crippen LogP contribution is 2.44. The van der Waals surface area contributed by atoms with Gasteiger partial charge in [-0.15, -0.1) is 0 Å². The van der Waals surface area contributed by atoms with Crippen LogP contribution in [0.4, 0.5) is 0 Å². The summed E-state index contributed by atoms with van der Waals surface area (Å²) in [6.07, 6.45) is 0. The van der Waals surface area contributed by atoms with E-state index in [-0.39, 0.29) is 12.5 Å². The maximum atomic E-state index is 11.3. The topological polar surface area (TPSA) is 135 Å². The van der Waals surface area contributed by atoms with Crippen LogP contribution in [0.5, 0.6) is 0 Å². The fraction of sp³-hybridized carbons (Fsp3) is 1.00. The van der Waals surface area contributed by atoms with Crippen molar-refractivity contribution < 1.29 is 37.4 Å². The number of hydrogen-bond donors (Lipinski definition) is 4. The minimum atomic E-state index is -4.59. The zero-order chi connectivity index (χ0) is 14.2. The van der Waals surface area contributed by atoms with Gasteiger partial charge in [0.2, 0.25) is 0 Å². The largest absolute Gasteiger partial charge is 0.472 e. The molecule has 4 N–H and O–H groups in total. The van der Waals surface area contributed by atoms with E-state index in [0.29, 0.717) is 6.54 Å². The summed E-state index contributed by atoms with van der Waals surface area (Å²) in [5, 5.41) is 2.87. The quantitative estimate of drug-likeness (QED) is 0.327. The van der Waals surface area contributed by atoms with Gasteiger partial charge in [-0.2, -0.15) is 0 Å². The molecule has 0 heterocycles. The molecule has 18 heavy (non-hydrogen) atoms. The van der Waals surface area contributed by atoms with Gasteiger partial charge in [0, 0.05) is 0 Å². The van der Waals surface area contributed by atoms with Gasteiger partial charge in [-0.1, -0.05) is 6.92 Å². The summed E-state index contributed by atoms with van der Waals surface area (Å²) < 4.78 is 34.7. The van der Waals surface area contributed by atoms with Crippen LogP contribution in [-0.4, -0.2) is 48.1 Å². The Hall–Kier alpha value is 0.180. The second kappa shape index (κ2) is 8.37. The molecule has 2 atom stereocenters. The molecule has 11 heteroatoms. The lowest BCUT2D eigenvalue weighted by Crippen LogP contribution is -2.20. The molecule has 0 fully saturated rings. The highest BCUT2D eigenvalue weighted by Gasteiger charge is 2.22. The van der Waals surface area contributed by atoms with Crippen molar-refractivity contribution in [3.05, 3.63) is 0 Å². The van der Waals surface area contributed by atoms with Gasteiger partial charge in [0.25, 0.3) is 0 Å². The highest BCUT2D eigenvalue weighted by atomic mass is 31.2. The van der Waals surface area contributed by atoms with Crippen LogP contribution in [0, 0.1) is 5.92 Å². The van der Waals surface area contributed by atoms with Gasteiger partial charge in [0.15, 0.2) is 0 Å². The van der Waals surface area contributed by atoms with Gasteiger partial charge in [0.05, 0.1) is 19.8 Å². The summed E-state index contributed by atoms with van der Waals surface area (Å²) in [5.41, 5.74) is 0. The second-order valence-electron chi connectivity index (χ2n) is 3.58. The van der Waals surface area contributed by atoms with E-state index in [2.05, 4.69) is 18.9 Å². The molecule has 0 aromatic rings. The number of nitrogens with one attached hydrogen (secondary N) is 1. The van der Waals surface area contributed by atoms with Crippen LogP contribution in [0.15, 0.2) is 0 Å². The molecule has 0 amide bonds. The lowest BCUT2D eigenvalue weighted by atomic mass is 10.2. The molecule has 0 aromatic carbocycles. The molecule has 0 aliphatic carbocycles. The monoisotopic (exact) mass is 307 g/mol. The van der Waals surface area contributed by atoms with Crippen molar-refractivity contribution in [1.29, 1.82) is 0 Å². The first-order valence-corrected chi connectivity index (χ1v) is 8.15. The van der Waals surface area contributed by atoms with Crippen LogP contribution in [0.3, 0.4) is 0 Å². The predicted molar refractivity (Wildman–Crippen MR) is 62.8 cm³/mol. The molecule has 0 aromatic heterocycles. The third kappa shape index (κ3) is 11.3. The molecule has 0 aliphatic heterocycles. The maximum absolute atomic E-state index is 11.3. The van der Waals surface area contributed by atoms with Crippen LogP contribution in [-0.2, 0) is 22.7 Å². The standard InChI is InChI=1S/C7H19NO8P2/c1-7(5-8-2)6-16-18(12,13)15-4-3-14-17(9,10)11/h7-8H,3-6H2,1-2H3,(H,12,13)(H2,9,10,11). The predicted octanol–water partition coefficient (Wildman–Crippen LogP) is 0.0848. The van der Waals surface area contributed by atoms with Crippen molar-refractivity contribution in [2.45, 2.75) is 6.92 Å². The van der Waals surface area contributed by atoms with E-state index in [1.807, 2.05) is 6.92 Å². The van der Waals surface area contributed by atoms with Crippen molar-refractivity contribution in [2.24, 2.45) is 5.92 Å². The van der Waals surface area contributed by atoms with Crippen molar-refractivity contribution in [1.82, 2.24) is 5.32 Å². The first-order chi connectivity index (χ1) is 8.16. The Kier molecular flexibility index (Phi) is 8.45. The SMILES string of the molecule is CNCC(C)COP(=O)(O)OCCOP(=O)(O)O. The summed E-state index contributed by atoms with van der Waals surface area (Å²) in [6.45, 7) is 1.48. The van der Waals surface area contributed by atoms with Gasteiger partial charge in [-0.25, -0.2) is 9.13 Å². The summed E-state index contributed by atoms with van der Waals surface area (Å²) in [6, 6.07) is 0. The van der Waals surface area contributed by atoms with Gasteiger partial charge in [0.1, 0.15) is 0 Å². The van der Waals surface area contributed by atoms with Gasteiger partial charge >= 0.3 is 15.6 Å². The summed E-state index contributed by atoms with van der Waals surface area (Å²) in [5.74, 6) is 0.0189. The molecule has 9 nitrogen and oxygen atoms in total. The van der Waals surface area contributed by atoms with E-state index in [9.17, 15) is 14.0 Å². The van der Waals surface area contributed by atoms with Crippen molar-refractivity contribution in [3.8, 4) is 0 Å². The molecule has 0 saturated carbocycles. The Morgan fingerprint density at radius 2 is 1.67 bits per heavy atom. The first kappa shape index (κ1) is 18.2. The van der Waals surface area contributed by atoms with E-state index in [1.54, 1.807) is 7.05 Å². The third-order valence-electron chi connectivity index (χ3n) is 1.67. The molecular weight excluding hydrogens is 288 g/mol. The second-order valence-corrected chi connectivity index (χ2v) is 6.28. The van der Waals surface area contributed by atoms with Gasteiger partial charge in [-0.3, -0.25) is 13.6 Å². The Bertz CT molecular complexity index is 319. The Balaban J connectivity index is 3.80. The molecule has 0 bridgehead atoms. The number of phosphoric ester groups is 2. The molecule has 0 spiro atoms. The molecule has 110 valence electrons. The number of hydrogen-bond acceptors (Lipinski definition) is 6. The number of rotatable bonds is 10. The summed E-state index contributed by atoms with van der Waals surface area (Å²) >= 11 is 0. The van der Waals surface area contributed by atoms with E-state index in [0.717, 1.165) is 0 Å². The zero-order valence-corrected chi connectivity index (χ0v) is 12.0.